The fourth-order valence-electron chi connectivity index (χ4n) is 5.00. The van der Waals surface area contributed by atoms with E-state index >= 15 is 0 Å². The van der Waals surface area contributed by atoms with E-state index in [-0.39, 0.29) is 0 Å². The van der Waals surface area contributed by atoms with Crippen LogP contribution in [0.4, 0.5) is 5.69 Å². The number of nitrogens with zero attached hydrogens (tertiary/aromatic N) is 2. The first kappa shape index (κ1) is 19.0. The Balaban J connectivity index is 1.40. The van der Waals surface area contributed by atoms with Crippen LogP contribution < -0.4 is 4.90 Å². The van der Waals surface area contributed by atoms with Crippen molar-refractivity contribution in [2.24, 2.45) is 0 Å². The van der Waals surface area contributed by atoms with Crippen LogP contribution in [0.2, 0.25) is 0 Å². The first-order chi connectivity index (χ1) is 13.7. The maximum absolute atomic E-state index is 12.0. The molecule has 3 unspecified atom stereocenters. The Kier molecular flexibility index (Phi) is 5.70. The number of fused-ring (bicyclic) bond motifs is 2. The Labute approximate surface area is 169 Å². The summed E-state index contributed by atoms with van der Waals surface area (Å²) in [4.78, 5) is 16.6. The molecule has 0 spiro atoms. The molecule has 3 atom stereocenters. The SMILES string of the molecule is CCC(=O)N1CC2CC(C1)N2c1cccc(CCC(CC)c2ccccc2)c1. The summed E-state index contributed by atoms with van der Waals surface area (Å²) in [6.07, 6.45) is 5.33. The second-order valence-electron chi connectivity index (χ2n) is 8.33. The average Bonchev–Trinajstić information content (AvgIpc) is 2.74. The van der Waals surface area contributed by atoms with Crippen LogP contribution in [0.1, 0.15) is 56.6 Å². The van der Waals surface area contributed by atoms with Crippen molar-refractivity contribution in [1.82, 2.24) is 4.90 Å². The minimum absolute atomic E-state index is 0.301. The summed E-state index contributed by atoms with van der Waals surface area (Å²) in [6, 6.07) is 21.0. The molecule has 3 heterocycles. The van der Waals surface area contributed by atoms with E-state index in [0.29, 0.717) is 30.3 Å². The molecule has 3 heteroatoms. The average molecular weight is 377 g/mol. The molecule has 0 aromatic heterocycles. The monoisotopic (exact) mass is 376 g/mol. The smallest absolute Gasteiger partial charge is 0.222 e. The largest absolute Gasteiger partial charge is 0.362 e. The lowest BCUT2D eigenvalue weighted by atomic mass is 9.86. The van der Waals surface area contributed by atoms with Crippen LogP contribution in [-0.4, -0.2) is 36.0 Å². The highest BCUT2D eigenvalue weighted by Crippen LogP contribution is 2.37. The zero-order valence-corrected chi connectivity index (χ0v) is 17.2. The number of hydrogen-bond donors (Lipinski definition) is 0. The summed E-state index contributed by atoms with van der Waals surface area (Å²) in [5, 5.41) is 0. The second kappa shape index (κ2) is 8.38. The second-order valence-corrected chi connectivity index (χ2v) is 8.33. The molecule has 2 aromatic carbocycles. The van der Waals surface area contributed by atoms with E-state index < -0.39 is 0 Å². The van der Waals surface area contributed by atoms with Gasteiger partial charge in [0.1, 0.15) is 0 Å². The van der Waals surface area contributed by atoms with Crippen molar-refractivity contribution in [3.05, 3.63) is 65.7 Å². The quantitative estimate of drug-likeness (QED) is 0.678. The Hall–Kier alpha value is -2.29. The third-order valence-electron chi connectivity index (χ3n) is 6.60. The zero-order valence-electron chi connectivity index (χ0n) is 17.2. The van der Waals surface area contributed by atoms with Gasteiger partial charge in [-0.05, 0) is 54.9 Å². The molecular formula is C25H32N2O. The van der Waals surface area contributed by atoms with E-state index in [1.54, 1.807) is 0 Å². The van der Waals surface area contributed by atoms with E-state index in [4.69, 9.17) is 0 Å². The van der Waals surface area contributed by atoms with E-state index in [1.807, 2.05) is 6.92 Å². The number of hydrogen-bond acceptors (Lipinski definition) is 2. The molecule has 0 N–H and O–H groups in total. The summed E-state index contributed by atoms with van der Waals surface area (Å²) in [7, 11) is 0. The van der Waals surface area contributed by atoms with Gasteiger partial charge in [-0.3, -0.25) is 4.79 Å². The Bertz CT molecular complexity index is 791. The topological polar surface area (TPSA) is 23.6 Å². The highest BCUT2D eigenvalue weighted by atomic mass is 16.2. The number of amides is 1. The van der Waals surface area contributed by atoms with Gasteiger partial charge >= 0.3 is 0 Å². The molecule has 3 fully saturated rings. The maximum Gasteiger partial charge on any atom is 0.222 e. The number of carbonyl (C=O) groups excluding carboxylic acids is 1. The van der Waals surface area contributed by atoms with Gasteiger partial charge in [-0.2, -0.15) is 0 Å². The molecule has 2 aromatic rings. The standard InChI is InChI=1S/C25H32N2O/c1-3-20(21-10-6-5-7-11-21)14-13-19-9-8-12-22(15-19)27-23-16-24(27)18-26(17-23)25(28)4-2/h5-12,15,20,23-24H,3-4,13-14,16-18H2,1-2H3. The Morgan fingerprint density at radius 2 is 1.79 bits per heavy atom. The molecule has 5 rings (SSSR count). The number of benzene rings is 2. The van der Waals surface area contributed by atoms with Crippen LogP contribution in [0.25, 0.3) is 0 Å². The number of piperidine rings is 1. The van der Waals surface area contributed by atoms with Crippen molar-refractivity contribution < 1.29 is 4.79 Å². The predicted molar refractivity (Wildman–Crippen MR) is 116 cm³/mol. The first-order valence-electron chi connectivity index (χ1n) is 10.9. The number of anilines is 1. The molecule has 3 nitrogen and oxygen atoms in total. The molecule has 3 aliphatic heterocycles. The van der Waals surface area contributed by atoms with E-state index in [1.165, 1.54) is 36.1 Å². The van der Waals surface area contributed by atoms with E-state index in [9.17, 15) is 4.79 Å². The number of aryl methyl sites for hydroxylation is 1. The molecule has 2 bridgehead atoms. The molecule has 0 aliphatic carbocycles. The summed E-state index contributed by atoms with van der Waals surface area (Å²) in [5.41, 5.74) is 4.23. The molecule has 0 saturated carbocycles. The summed E-state index contributed by atoms with van der Waals surface area (Å²) < 4.78 is 0. The lowest BCUT2D eigenvalue weighted by Crippen LogP contribution is -2.69. The molecule has 1 amide bonds. The van der Waals surface area contributed by atoms with Crippen molar-refractivity contribution in [2.75, 3.05) is 18.0 Å². The van der Waals surface area contributed by atoms with Gasteiger partial charge in [0.25, 0.3) is 0 Å². The minimum atomic E-state index is 0.301. The van der Waals surface area contributed by atoms with Crippen molar-refractivity contribution in [3.63, 3.8) is 0 Å². The van der Waals surface area contributed by atoms with E-state index in [2.05, 4.69) is 71.3 Å². The van der Waals surface area contributed by atoms with Gasteiger partial charge in [0.2, 0.25) is 5.91 Å². The maximum atomic E-state index is 12.0. The normalized spacial score (nSPS) is 21.9. The molecule has 148 valence electrons. The Morgan fingerprint density at radius 1 is 1.04 bits per heavy atom. The molecule has 3 aliphatic rings. The van der Waals surface area contributed by atoms with Crippen LogP contribution >= 0.6 is 0 Å². The molecule has 3 saturated heterocycles. The van der Waals surface area contributed by atoms with Crippen molar-refractivity contribution in [1.29, 1.82) is 0 Å². The van der Waals surface area contributed by atoms with Crippen molar-refractivity contribution in [2.45, 2.75) is 64.0 Å². The summed E-state index contributed by atoms with van der Waals surface area (Å²) in [5.74, 6) is 0.927. The molecule has 0 radical (unpaired) electrons. The minimum Gasteiger partial charge on any atom is -0.362 e. The van der Waals surface area contributed by atoms with Gasteiger partial charge in [0.15, 0.2) is 0 Å². The highest BCUT2D eigenvalue weighted by molar-refractivity contribution is 5.76. The predicted octanol–water partition coefficient (Wildman–Crippen LogP) is 5.01. The highest BCUT2D eigenvalue weighted by Gasteiger charge is 2.45. The molecule has 28 heavy (non-hydrogen) atoms. The van der Waals surface area contributed by atoms with Gasteiger partial charge in [0.05, 0.1) is 0 Å². The lowest BCUT2D eigenvalue weighted by molar-refractivity contribution is -0.133. The third kappa shape index (κ3) is 3.80. The Morgan fingerprint density at radius 3 is 2.46 bits per heavy atom. The first-order valence-corrected chi connectivity index (χ1v) is 10.9. The third-order valence-corrected chi connectivity index (χ3v) is 6.60. The van der Waals surface area contributed by atoms with Gasteiger partial charge in [-0.1, -0.05) is 56.3 Å². The fourth-order valence-corrected chi connectivity index (χ4v) is 5.00. The van der Waals surface area contributed by atoms with Crippen LogP contribution in [0.5, 0.6) is 0 Å². The summed E-state index contributed by atoms with van der Waals surface area (Å²) in [6.45, 7) is 6.03. The van der Waals surface area contributed by atoms with Crippen molar-refractivity contribution >= 4 is 11.6 Å². The zero-order chi connectivity index (χ0) is 19.5. The summed E-state index contributed by atoms with van der Waals surface area (Å²) >= 11 is 0. The lowest BCUT2D eigenvalue weighted by Gasteiger charge is -2.57. The van der Waals surface area contributed by atoms with Crippen LogP contribution in [-0.2, 0) is 11.2 Å². The van der Waals surface area contributed by atoms with Crippen LogP contribution in [0, 0.1) is 0 Å². The van der Waals surface area contributed by atoms with Gasteiger partial charge in [0, 0.05) is 37.3 Å². The van der Waals surface area contributed by atoms with Gasteiger partial charge in [-0.25, -0.2) is 0 Å². The fraction of sp³-hybridized carbons (Fsp3) is 0.480. The van der Waals surface area contributed by atoms with Crippen LogP contribution in [0.15, 0.2) is 54.6 Å². The van der Waals surface area contributed by atoms with Crippen molar-refractivity contribution in [3.8, 4) is 0 Å². The van der Waals surface area contributed by atoms with Crippen LogP contribution in [0.3, 0.4) is 0 Å². The molecular weight excluding hydrogens is 344 g/mol. The number of rotatable bonds is 7. The van der Waals surface area contributed by atoms with E-state index in [0.717, 1.165) is 19.5 Å². The number of piperazine rings is 1. The number of carbonyl (C=O) groups is 1. The van der Waals surface area contributed by atoms with Gasteiger partial charge < -0.3 is 9.80 Å². The van der Waals surface area contributed by atoms with Gasteiger partial charge in [-0.15, -0.1) is 0 Å².